The van der Waals surface area contributed by atoms with E-state index >= 15 is 0 Å². The van der Waals surface area contributed by atoms with E-state index in [1.807, 2.05) is 18.5 Å². The number of unbranched alkanes of at least 4 members (excludes halogenated alkanes) is 7. The second-order valence-corrected chi connectivity index (χ2v) is 4.40. The molecule has 0 aliphatic heterocycles. The van der Waals surface area contributed by atoms with E-state index in [4.69, 9.17) is 0 Å². The van der Waals surface area contributed by atoms with Crippen LogP contribution in [0, 0.1) is 6.42 Å². The van der Waals surface area contributed by atoms with Gasteiger partial charge in [-0.1, -0.05) is 57.9 Å². The number of aromatic nitrogens is 1. The first-order chi connectivity index (χ1) is 7.93. The predicted octanol–water partition coefficient (Wildman–Crippen LogP) is 4.77. The van der Waals surface area contributed by atoms with Crippen molar-refractivity contribution in [3.05, 3.63) is 36.5 Å². The maximum absolute atomic E-state index is 4.10. The average Bonchev–Trinajstić information content (AvgIpc) is 2.34. The molecular formula is C15H24N. The lowest BCUT2D eigenvalue weighted by Crippen LogP contribution is -1.84. The highest BCUT2D eigenvalue weighted by atomic mass is 14.6. The standard InChI is InChI=1S/C15H24N/c1-2-3-4-5-6-7-8-9-11-15-12-10-13-16-14-15/h10-14H,2-9H2,1H3. The Morgan fingerprint density at radius 3 is 2.50 bits per heavy atom. The van der Waals surface area contributed by atoms with Crippen molar-refractivity contribution < 1.29 is 0 Å². The zero-order valence-electron chi connectivity index (χ0n) is 10.5. The minimum atomic E-state index is 1.19. The second kappa shape index (κ2) is 9.38. The average molecular weight is 218 g/mol. The summed E-state index contributed by atoms with van der Waals surface area (Å²) in [7, 11) is 0. The highest BCUT2D eigenvalue weighted by Gasteiger charge is 1.94. The summed E-state index contributed by atoms with van der Waals surface area (Å²) in [6.07, 6.45) is 16.9. The molecule has 1 nitrogen and oxygen atoms in total. The van der Waals surface area contributed by atoms with E-state index in [-0.39, 0.29) is 0 Å². The number of nitrogens with zero attached hydrogens (tertiary/aromatic N) is 1. The molecule has 0 aliphatic carbocycles. The molecule has 0 atom stereocenters. The molecule has 0 aromatic carbocycles. The van der Waals surface area contributed by atoms with Crippen molar-refractivity contribution in [3.63, 3.8) is 0 Å². The van der Waals surface area contributed by atoms with E-state index in [1.165, 1.54) is 56.9 Å². The van der Waals surface area contributed by atoms with Crippen molar-refractivity contribution in [3.8, 4) is 0 Å². The van der Waals surface area contributed by atoms with Gasteiger partial charge in [0.15, 0.2) is 0 Å². The molecule has 0 bridgehead atoms. The Hall–Kier alpha value is -0.850. The maximum Gasteiger partial charge on any atom is 0.0302 e. The van der Waals surface area contributed by atoms with Crippen LogP contribution >= 0.6 is 0 Å². The molecule has 1 heterocycles. The quantitative estimate of drug-likeness (QED) is 0.544. The summed E-state index contributed by atoms with van der Waals surface area (Å²) in [4.78, 5) is 4.10. The molecule has 1 rings (SSSR count). The van der Waals surface area contributed by atoms with Crippen molar-refractivity contribution in [2.45, 2.75) is 58.3 Å². The summed E-state index contributed by atoms with van der Waals surface area (Å²) in [5, 5.41) is 0. The third-order valence-corrected chi connectivity index (χ3v) is 2.87. The van der Waals surface area contributed by atoms with Gasteiger partial charge in [0.2, 0.25) is 0 Å². The second-order valence-electron chi connectivity index (χ2n) is 4.40. The molecule has 0 saturated carbocycles. The third-order valence-electron chi connectivity index (χ3n) is 2.87. The monoisotopic (exact) mass is 218 g/mol. The van der Waals surface area contributed by atoms with Crippen LogP contribution in [0.4, 0.5) is 0 Å². The van der Waals surface area contributed by atoms with Crippen molar-refractivity contribution in [1.82, 2.24) is 4.98 Å². The molecule has 16 heavy (non-hydrogen) atoms. The van der Waals surface area contributed by atoms with Gasteiger partial charge in [0.1, 0.15) is 0 Å². The van der Waals surface area contributed by atoms with E-state index in [0.717, 1.165) is 0 Å². The first kappa shape index (κ1) is 13.2. The van der Waals surface area contributed by atoms with Crippen LogP contribution in [0.2, 0.25) is 0 Å². The van der Waals surface area contributed by atoms with Gasteiger partial charge >= 0.3 is 0 Å². The van der Waals surface area contributed by atoms with E-state index in [2.05, 4.69) is 24.4 Å². The highest BCUT2D eigenvalue weighted by molar-refractivity contribution is 5.17. The van der Waals surface area contributed by atoms with Gasteiger partial charge in [0.05, 0.1) is 0 Å². The van der Waals surface area contributed by atoms with Gasteiger partial charge in [-0.15, -0.1) is 0 Å². The fraction of sp³-hybridized carbons (Fsp3) is 0.600. The Morgan fingerprint density at radius 1 is 1.06 bits per heavy atom. The minimum absolute atomic E-state index is 1.19. The third kappa shape index (κ3) is 6.60. The number of hydrogen-bond acceptors (Lipinski definition) is 1. The van der Waals surface area contributed by atoms with Crippen LogP contribution in [0.25, 0.3) is 0 Å². The molecule has 0 saturated heterocycles. The minimum Gasteiger partial charge on any atom is -0.264 e. The molecule has 1 aromatic heterocycles. The molecule has 0 N–H and O–H groups in total. The molecule has 1 radical (unpaired) electrons. The van der Waals surface area contributed by atoms with Crippen LogP contribution in [0.1, 0.15) is 63.9 Å². The molecule has 1 heteroatoms. The van der Waals surface area contributed by atoms with E-state index in [1.54, 1.807) is 0 Å². The molecule has 0 unspecified atom stereocenters. The van der Waals surface area contributed by atoms with Crippen molar-refractivity contribution in [1.29, 1.82) is 0 Å². The molecule has 1 aromatic rings. The zero-order valence-corrected chi connectivity index (χ0v) is 10.5. The van der Waals surface area contributed by atoms with Crippen LogP contribution in [-0.4, -0.2) is 4.98 Å². The Morgan fingerprint density at radius 2 is 1.81 bits per heavy atom. The lowest BCUT2D eigenvalue weighted by molar-refractivity contribution is 0.589. The zero-order chi connectivity index (χ0) is 11.5. The number of hydrogen-bond donors (Lipinski definition) is 0. The fourth-order valence-corrected chi connectivity index (χ4v) is 1.87. The fourth-order valence-electron chi connectivity index (χ4n) is 1.87. The van der Waals surface area contributed by atoms with Gasteiger partial charge in [-0.05, 0) is 24.5 Å². The largest absolute Gasteiger partial charge is 0.264 e. The molecule has 0 aliphatic rings. The van der Waals surface area contributed by atoms with Crippen LogP contribution < -0.4 is 0 Å². The van der Waals surface area contributed by atoms with E-state index < -0.39 is 0 Å². The lowest BCUT2D eigenvalue weighted by Gasteiger charge is -2.01. The van der Waals surface area contributed by atoms with Crippen molar-refractivity contribution in [2.24, 2.45) is 0 Å². The summed E-state index contributed by atoms with van der Waals surface area (Å²) >= 11 is 0. The summed E-state index contributed by atoms with van der Waals surface area (Å²) in [6, 6.07) is 4.12. The van der Waals surface area contributed by atoms with Crippen LogP contribution in [0.15, 0.2) is 24.5 Å². The van der Waals surface area contributed by atoms with E-state index in [9.17, 15) is 0 Å². The first-order valence-electron chi connectivity index (χ1n) is 6.66. The van der Waals surface area contributed by atoms with Gasteiger partial charge in [-0.2, -0.15) is 0 Å². The summed E-state index contributed by atoms with van der Waals surface area (Å²) in [6.45, 7) is 2.27. The Kier molecular flexibility index (Phi) is 7.75. The Labute approximate surface area is 100 Å². The van der Waals surface area contributed by atoms with Gasteiger partial charge in [-0.25, -0.2) is 0 Å². The SMILES string of the molecule is CCCCCCCCC[CH]c1cccnc1. The number of pyridine rings is 1. The normalized spacial score (nSPS) is 10.6. The van der Waals surface area contributed by atoms with Gasteiger partial charge in [0, 0.05) is 12.4 Å². The lowest BCUT2D eigenvalue weighted by atomic mass is 10.1. The first-order valence-corrected chi connectivity index (χ1v) is 6.66. The smallest absolute Gasteiger partial charge is 0.0302 e. The van der Waals surface area contributed by atoms with Crippen LogP contribution in [0.3, 0.4) is 0 Å². The Balaban J connectivity index is 1.89. The van der Waals surface area contributed by atoms with E-state index in [0.29, 0.717) is 0 Å². The highest BCUT2D eigenvalue weighted by Crippen LogP contribution is 2.11. The Bertz CT molecular complexity index is 243. The molecule has 0 spiro atoms. The van der Waals surface area contributed by atoms with Crippen molar-refractivity contribution in [2.75, 3.05) is 0 Å². The van der Waals surface area contributed by atoms with Crippen molar-refractivity contribution >= 4 is 0 Å². The predicted molar refractivity (Wildman–Crippen MR) is 70.2 cm³/mol. The van der Waals surface area contributed by atoms with Crippen LogP contribution in [0.5, 0.6) is 0 Å². The molecule has 0 amide bonds. The van der Waals surface area contributed by atoms with Crippen LogP contribution in [-0.2, 0) is 0 Å². The van der Waals surface area contributed by atoms with Gasteiger partial charge in [0.25, 0.3) is 0 Å². The summed E-state index contributed by atoms with van der Waals surface area (Å²) < 4.78 is 0. The van der Waals surface area contributed by atoms with Gasteiger partial charge in [-0.3, -0.25) is 4.98 Å². The molecular weight excluding hydrogens is 194 g/mol. The van der Waals surface area contributed by atoms with Gasteiger partial charge < -0.3 is 0 Å². The molecule has 0 fully saturated rings. The molecule has 89 valence electrons. The number of rotatable bonds is 9. The topological polar surface area (TPSA) is 12.9 Å². The maximum atomic E-state index is 4.10. The summed E-state index contributed by atoms with van der Waals surface area (Å²) in [5.41, 5.74) is 1.26. The summed E-state index contributed by atoms with van der Waals surface area (Å²) in [5.74, 6) is 0.